The highest BCUT2D eigenvalue weighted by molar-refractivity contribution is 6.30. The van der Waals surface area contributed by atoms with Crippen molar-refractivity contribution in [3.63, 3.8) is 0 Å². The summed E-state index contributed by atoms with van der Waals surface area (Å²) < 4.78 is 6.14. The minimum Gasteiger partial charge on any atom is -0.487 e. The minimum atomic E-state index is -0.444. The van der Waals surface area contributed by atoms with E-state index in [2.05, 4.69) is 13.8 Å². The van der Waals surface area contributed by atoms with Crippen LogP contribution in [-0.4, -0.2) is 10.7 Å². The molecule has 2 nitrogen and oxygen atoms in total. The van der Waals surface area contributed by atoms with Gasteiger partial charge >= 0.3 is 0 Å². The first-order valence-corrected chi connectivity index (χ1v) is 7.03. The molecule has 1 spiro atoms. The molecule has 1 fully saturated rings. The molecule has 1 atom stereocenters. The molecule has 18 heavy (non-hydrogen) atoms. The molecule has 1 aliphatic carbocycles. The summed E-state index contributed by atoms with van der Waals surface area (Å²) in [6, 6.07) is 5.52. The summed E-state index contributed by atoms with van der Waals surface area (Å²) >= 11 is 5.96. The van der Waals surface area contributed by atoms with Crippen LogP contribution in [-0.2, 0) is 0 Å². The van der Waals surface area contributed by atoms with Crippen LogP contribution in [0, 0.1) is 11.8 Å². The third kappa shape index (κ3) is 1.92. The van der Waals surface area contributed by atoms with Crippen LogP contribution < -0.4 is 4.74 Å². The molecule has 1 aromatic carbocycles. The van der Waals surface area contributed by atoms with Crippen LogP contribution >= 0.6 is 11.6 Å². The molecule has 0 aromatic heterocycles. The van der Waals surface area contributed by atoms with Crippen molar-refractivity contribution < 1.29 is 9.84 Å². The second kappa shape index (κ2) is 4.14. The fraction of sp³-hybridized carbons (Fsp3) is 0.600. The predicted octanol–water partition coefficient (Wildman–Crippen LogP) is 3.96. The highest BCUT2D eigenvalue weighted by atomic mass is 35.5. The number of ether oxygens (including phenoxy) is 1. The molecule has 0 unspecified atom stereocenters. The van der Waals surface area contributed by atoms with E-state index in [1.165, 1.54) is 0 Å². The second-order valence-corrected chi connectivity index (χ2v) is 6.54. The lowest BCUT2D eigenvalue weighted by atomic mass is 9.63. The van der Waals surface area contributed by atoms with E-state index in [1.807, 2.05) is 18.2 Å². The molecule has 1 saturated carbocycles. The maximum atomic E-state index is 10.3. The van der Waals surface area contributed by atoms with Gasteiger partial charge in [-0.2, -0.15) is 0 Å². The second-order valence-electron chi connectivity index (χ2n) is 6.10. The van der Waals surface area contributed by atoms with E-state index in [0.717, 1.165) is 30.1 Å². The highest BCUT2D eigenvalue weighted by Gasteiger charge is 2.51. The first kappa shape index (κ1) is 12.3. The molecule has 2 aliphatic rings. The lowest BCUT2D eigenvalue weighted by Crippen LogP contribution is -2.53. The summed E-state index contributed by atoms with van der Waals surface area (Å²) in [7, 11) is 0. The maximum absolute atomic E-state index is 10.3. The lowest BCUT2D eigenvalue weighted by Gasteiger charge is -2.52. The van der Waals surface area contributed by atoms with Crippen LogP contribution in [0.25, 0.3) is 0 Å². The van der Waals surface area contributed by atoms with Gasteiger partial charge in [0, 0.05) is 17.0 Å². The van der Waals surface area contributed by atoms with E-state index in [4.69, 9.17) is 16.3 Å². The zero-order valence-corrected chi connectivity index (χ0v) is 11.6. The Morgan fingerprint density at radius 2 is 2.06 bits per heavy atom. The van der Waals surface area contributed by atoms with Crippen molar-refractivity contribution in [2.24, 2.45) is 11.8 Å². The minimum absolute atomic E-state index is 0.130. The summed E-state index contributed by atoms with van der Waals surface area (Å²) in [5, 5.41) is 10.9. The van der Waals surface area contributed by atoms with Gasteiger partial charge in [0.25, 0.3) is 0 Å². The van der Waals surface area contributed by atoms with Crippen LogP contribution in [0.3, 0.4) is 0 Å². The van der Waals surface area contributed by atoms with E-state index in [1.54, 1.807) is 0 Å². The van der Waals surface area contributed by atoms with Gasteiger partial charge in [-0.3, -0.25) is 0 Å². The Labute approximate surface area is 113 Å². The summed E-state index contributed by atoms with van der Waals surface area (Å²) in [5.41, 5.74) is 0.705. The van der Waals surface area contributed by atoms with E-state index in [0.29, 0.717) is 17.4 Å². The number of benzene rings is 1. The SMILES string of the molecule is CC(C)C1CC2(C1)C[C@H](O)c1cc(Cl)ccc1O2. The van der Waals surface area contributed by atoms with E-state index >= 15 is 0 Å². The van der Waals surface area contributed by atoms with Crippen LogP contribution in [0.5, 0.6) is 5.75 Å². The zero-order valence-electron chi connectivity index (χ0n) is 10.8. The van der Waals surface area contributed by atoms with Gasteiger partial charge in [-0.05, 0) is 42.9 Å². The van der Waals surface area contributed by atoms with Gasteiger partial charge in [-0.25, -0.2) is 0 Å². The van der Waals surface area contributed by atoms with Gasteiger partial charge in [0.2, 0.25) is 0 Å². The number of rotatable bonds is 1. The fourth-order valence-electron chi connectivity index (χ4n) is 3.23. The Bertz CT molecular complexity index is 464. The van der Waals surface area contributed by atoms with Crippen molar-refractivity contribution in [1.29, 1.82) is 0 Å². The summed E-state index contributed by atoms with van der Waals surface area (Å²) in [6.07, 6.45) is 2.37. The van der Waals surface area contributed by atoms with Crippen molar-refractivity contribution in [1.82, 2.24) is 0 Å². The van der Waals surface area contributed by atoms with Gasteiger partial charge in [0.05, 0.1) is 6.10 Å². The number of aliphatic hydroxyl groups is 1. The average Bonchev–Trinajstić information content (AvgIpc) is 2.26. The number of hydrogen-bond donors (Lipinski definition) is 1. The third-order valence-electron chi connectivity index (χ3n) is 4.43. The molecule has 0 bridgehead atoms. The zero-order chi connectivity index (χ0) is 12.9. The Hall–Kier alpha value is -0.730. The average molecular weight is 267 g/mol. The molecule has 0 radical (unpaired) electrons. The van der Waals surface area contributed by atoms with Crippen molar-refractivity contribution in [2.75, 3.05) is 0 Å². The van der Waals surface area contributed by atoms with Crippen LogP contribution in [0.1, 0.15) is 44.8 Å². The molecule has 98 valence electrons. The normalized spacial score (nSPS) is 34.1. The first-order chi connectivity index (χ1) is 8.49. The number of halogens is 1. The highest BCUT2D eigenvalue weighted by Crippen LogP contribution is 2.53. The predicted molar refractivity (Wildman–Crippen MR) is 71.9 cm³/mol. The Kier molecular flexibility index (Phi) is 2.83. The molecule has 0 amide bonds. The van der Waals surface area contributed by atoms with Gasteiger partial charge < -0.3 is 9.84 Å². The number of fused-ring (bicyclic) bond motifs is 1. The molecule has 1 heterocycles. The quantitative estimate of drug-likeness (QED) is 0.834. The molecule has 1 N–H and O–H groups in total. The molecule has 3 rings (SSSR count). The van der Waals surface area contributed by atoms with E-state index in [9.17, 15) is 5.11 Å². The lowest BCUT2D eigenvalue weighted by molar-refractivity contribution is -0.108. The van der Waals surface area contributed by atoms with Crippen molar-refractivity contribution in [2.45, 2.75) is 44.8 Å². The Balaban J connectivity index is 1.83. The monoisotopic (exact) mass is 266 g/mol. The molecule has 1 aliphatic heterocycles. The van der Waals surface area contributed by atoms with Gasteiger partial charge in [-0.15, -0.1) is 0 Å². The topological polar surface area (TPSA) is 29.5 Å². The number of aliphatic hydroxyl groups excluding tert-OH is 1. The standard InChI is InChI=1S/C15H19ClO2/c1-9(2)10-6-15(7-10)8-13(17)12-5-11(16)3-4-14(12)18-15/h3-5,9-10,13,17H,6-8H2,1-2H3/t10?,13-,15?/m0/s1. The first-order valence-electron chi connectivity index (χ1n) is 6.66. The van der Waals surface area contributed by atoms with Gasteiger partial charge in [-0.1, -0.05) is 25.4 Å². The Morgan fingerprint density at radius 3 is 2.72 bits per heavy atom. The van der Waals surface area contributed by atoms with Crippen LogP contribution in [0.15, 0.2) is 18.2 Å². The third-order valence-corrected chi connectivity index (χ3v) is 4.67. The number of hydrogen-bond acceptors (Lipinski definition) is 2. The van der Waals surface area contributed by atoms with Crippen LogP contribution in [0.4, 0.5) is 0 Å². The fourth-order valence-corrected chi connectivity index (χ4v) is 3.41. The van der Waals surface area contributed by atoms with E-state index in [-0.39, 0.29) is 5.60 Å². The van der Waals surface area contributed by atoms with Crippen molar-refractivity contribution in [3.05, 3.63) is 28.8 Å². The molecular weight excluding hydrogens is 248 g/mol. The molecule has 1 aromatic rings. The van der Waals surface area contributed by atoms with Gasteiger partial charge in [0.1, 0.15) is 11.4 Å². The summed E-state index contributed by atoms with van der Waals surface area (Å²) in [6.45, 7) is 4.51. The van der Waals surface area contributed by atoms with Crippen molar-refractivity contribution in [3.8, 4) is 5.75 Å². The van der Waals surface area contributed by atoms with Crippen LogP contribution in [0.2, 0.25) is 5.02 Å². The molecule has 0 saturated heterocycles. The summed E-state index contributed by atoms with van der Waals surface area (Å²) in [5.74, 6) is 2.23. The molecular formula is C15H19ClO2. The summed E-state index contributed by atoms with van der Waals surface area (Å²) in [4.78, 5) is 0. The largest absolute Gasteiger partial charge is 0.487 e. The van der Waals surface area contributed by atoms with Gasteiger partial charge in [0.15, 0.2) is 0 Å². The van der Waals surface area contributed by atoms with E-state index < -0.39 is 6.10 Å². The Morgan fingerprint density at radius 1 is 1.33 bits per heavy atom. The molecule has 3 heteroatoms. The van der Waals surface area contributed by atoms with Crippen molar-refractivity contribution >= 4 is 11.6 Å². The maximum Gasteiger partial charge on any atom is 0.126 e. The smallest absolute Gasteiger partial charge is 0.126 e.